The van der Waals surface area contributed by atoms with Gasteiger partial charge >= 0.3 is 6.18 Å². The number of hydrogen-bond acceptors (Lipinski definition) is 1. The number of alkyl halides is 3. The molecule has 0 atom stereocenters. The zero-order valence-corrected chi connectivity index (χ0v) is 9.30. The molecule has 90 valence electrons. The summed E-state index contributed by atoms with van der Waals surface area (Å²) in [6.45, 7) is 1.76. The van der Waals surface area contributed by atoms with Gasteiger partial charge in [-0.25, -0.2) is 0 Å². The van der Waals surface area contributed by atoms with Gasteiger partial charge in [-0.15, -0.1) is 0 Å². The average Bonchev–Trinajstić information content (AvgIpc) is 2.24. The second kappa shape index (κ2) is 3.61. The Bertz CT molecular complexity index is 640. The highest BCUT2D eigenvalue weighted by Crippen LogP contribution is 2.31. The molecule has 2 nitrogen and oxygen atoms in total. The van der Waals surface area contributed by atoms with Crippen molar-refractivity contribution >= 4 is 10.8 Å². The van der Waals surface area contributed by atoms with Crippen LogP contribution in [0.4, 0.5) is 13.2 Å². The Morgan fingerprint density at radius 3 is 2.41 bits per heavy atom. The van der Waals surface area contributed by atoms with E-state index >= 15 is 0 Å². The smallest absolute Gasteiger partial charge is 0.318 e. The fourth-order valence-electron chi connectivity index (χ4n) is 1.85. The Morgan fingerprint density at radius 2 is 1.82 bits per heavy atom. The summed E-state index contributed by atoms with van der Waals surface area (Å²) in [5.41, 5.74) is -0.444. The number of benzene rings is 1. The summed E-state index contributed by atoms with van der Waals surface area (Å²) in [5.74, 6) is 0. The molecular formula is C12H10F3NO. The van der Waals surface area contributed by atoms with Crippen LogP contribution in [0.25, 0.3) is 10.8 Å². The van der Waals surface area contributed by atoms with E-state index in [4.69, 9.17) is 0 Å². The lowest BCUT2D eigenvalue weighted by Gasteiger charge is -2.10. The Kier molecular flexibility index (Phi) is 2.49. The number of hydrogen-bond donors (Lipinski definition) is 0. The molecule has 0 saturated carbocycles. The molecule has 0 amide bonds. The van der Waals surface area contributed by atoms with Gasteiger partial charge in [0.2, 0.25) is 0 Å². The van der Waals surface area contributed by atoms with E-state index in [0.717, 1.165) is 17.7 Å². The largest absolute Gasteiger partial charge is 0.416 e. The number of aryl methyl sites for hydroxylation is 2. The standard InChI is InChI=1S/C12H10F3NO/c1-7-6-16(2)11(17)10-5-8(12(13,14)15)3-4-9(7)10/h3-6H,1-2H3. The van der Waals surface area contributed by atoms with E-state index in [9.17, 15) is 18.0 Å². The van der Waals surface area contributed by atoms with Crippen molar-refractivity contribution < 1.29 is 13.2 Å². The molecule has 0 spiro atoms. The highest BCUT2D eigenvalue weighted by molar-refractivity contribution is 5.85. The number of rotatable bonds is 0. The molecule has 1 aromatic carbocycles. The molecule has 0 bridgehead atoms. The Hall–Kier alpha value is -1.78. The second-order valence-electron chi connectivity index (χ2n) is 3.99. The Labute approximate surface area is 95.3 Å². The first-order valence-corrected chi connectivity index (χ1v) is 4.98. The molecule has 5 heteroatoms. The van der Waals surface area contributed by atoms with Gasteiger partial charge in [0.1, 0.15) is 0 Å². The van der Waals surface area contributed by atoms with Crippen LogP contribution in [0, 0.1) is 6.92 Å². The summed E-state index contributed by atoms with van der Waals surface area (Å²) < 4.78 is 38.9. The highest BCUT2D eigenvalue weighted by atomic mass is 19.4. The van der Waals surface area contributed by atoms with Gasteiger partial charge < -0.3 is 4.57 Å². The van der Waals surface area contributed by atoms with Crippen molar-refractivity contribution in [2.45, 2.75) is 13.1 Å². The van der Waals surface area contributed by atoms with Crippen LogP contribution in [-0.4, -0.2) is 4.57 Å². The van der Waals surface area contributed by atoms with E-state index < -0.39 is 17.3 Å². The first-order chi connectivity index (χ1) is 7.80. The molecule has 0 N–H and O–H groups in total. The molecule has 2 rings (SSSR count). The SMILES string of the molecule is Cc1cn(C)c(=O)c2cc(C(F)(F)F)ccc12. The van der Waals surface area contributed by atoms with Gasteiger partial charge in [0.15, 0.2) is 0 Å². The topological polar surface area (TPSA) is 22.0 Å². The Balaban J connectivity index is 2.86. The van der Waals surface area contributed by atoms with Crippen molar-refractivity contribution in [1.29, 1.82) is 0 Å². The molecule has 2 aromatic rings. The van der Waals surface area contributed by atoms with Gasteiger partial charge in [-0.3, -0.25) is 4.79 Å². The molecular weight excluding hydrogens is 231 g/mol. The van der Waals surface area contributed by atoms with Crippen LogP contribution < -0.4 is 5.56 Å². The third kappa shape index (κ3) is 1.92. The minimum Gasteiger partial charge on any atom is -0.318 e. The molecule has 0 aliphatic heterocycles. The lowest BCUT2D eigenvalue weighted by Crippen LogP contribution is -2.17. The van der Waals surface area contributed by atoms with Crippen LogP contribution in [-0.2, 0) is 13.2 Å². The van der Waals surface area contributed by atoms with Gasteiger partial charge in [-0.2, -0.15) is 13.2 Å². The normalized spacial score (nSPS) is 12.1. The molecule has 1 heterocycles. The predicted molar refractivity (Wildman–Crippen MR) is 58.9 cm³/mol. The van der Waals surface area contributed by atoms with E-state index in [1.165, 1.54) is 17.7 Å². The third-order valence-corrected chi connectivity index (χ3v) is 2.71. The van der Waals surface area contributed by atoms with E-state index in [1.807, 2.05) is 0 Å². The maximum absolute atomic E-state index is 12.5. The summed E-state index contributed by atoms with van der Waals surface area (Å²) in [7, 11) is 1.52. The molecule has 0 fully saturated rings. The lowest BCUT2D eigenvalue weighted by atomic mass is 10.1. The maximum atomic E-state index is 12.5. The van der Waals surface area contributed by atoms with Gasteiger partial charge in [-0.05, 0) is 30.0 Å². The summed E-state index contributed by atoms with van der Waals surface area (Å²) in [6.07, 6.45) is -2.82. The van der Waals surface area contributed by atoms with Crippen molar-refractivity contribution in [2.75, 3.05) is 0 Å². The van der Waals surface area contributed by atoms with Crippen LogP contribution in [0.3, 0.4) is 0 Å². The van der Waals surface area contributed by atoms with Gasteiger partial charge in [0.05, 0.1) is 5.56 Å². The number of pyridine rings is 1. The molecule has 17 heavy (non-hydrogen) atoms. The van der Waals surface area contributed by atoms with Crippen molar-refractivity contribution in [2.24, 2.45) is 7.05 Å². The van der Waals surface area contributed by atoms with E-state index in [1.54, 1.807) is 13.1 Å². The molecule has 0 aliphatic rings. The number of halogens is 3. The van der Waals surface area contributed by atoms with Crippen molar-refractivity contribution in [1.82, 2.24) is 4.57 Å². The van der Waals surface area contributed by atoms with Gasteiger partial charge in [0, 0.05) is 18.6 Å². The van der Waals surface area contributed by atoms with E-state index in [-0.39, 0.29) is 5.39 Å². The van der Waals surface area contributed by atoms with Crippen molar-refractivity contribution in [3.63, 3.8) is 0 Å². The summed E-state index contributed by atoms with van der Waals surface area (Å²) in [5, 5.41) is 0.656. The number of fused-ring (bicyclic) bond motifs is 1. The minimum absolute atomic E-state index is 0.0994. The Morgan fingerprint density at radius 1 is 1.18 bits per heavy atom. The zero-order chi connectivity index (χ0) is 12.8. The monoisotopic (exact) mass is 241 g/mol. The lowest BCUT2D eigenvalue weighted by molar-refractivity contribution is -0.137. The van der Waals surface area contributed by atoms with Crippen LogP contribution >= 0.6 is 0 Å². The fraction of sp³-hybridized carbons (Fsp3) is 0.250. The molecule has 1 aromatic heterocycles. The van der Waals surface area contributed by atoms with Crippen LogP contribution in [0.15, 0.2) is 29.2 Å². The number of aromatic nitrogens is 1. The fourth-order valence-corrected chi connectivity index (χ4v) is 1.85. The van der Waals surface area contributed by atoms with Crippen LogP contribution in [0.1, 0.15) is 11.1 Å². The van der Waals surface area contributed by atoms with Crippen LogP contribution in [0.5, 0.6) is 0 Å². The van der Waals surface area contributed by atoms with E-state index in [0.29, 0.717) is 5.39 Å². The zero-order valence-electron chi connectivity index (χ0n) is 9.30. The average molecular weight is 241 g/mol. The summed E-state index contributed by atoms with van der Waals surface area (Å²) in [6, 6.07) is 3.24. The summed E-state index contributed by atoms with van der Waals surface area (Å²) in [4.78, 5) is 11.8. The van der Waals surface area contributed by atoms with Crippen molar-refractivity contribution in [3.05, 3.63) is 45.9 Å². The van der Waals surface area contributed by atoms with Gasteiger partial charge in [0.25, 0.3) is 5.56 Å². The predicted octanol–water partition coefficient (Wildman–Crippen LogP) is 2.87. The highest BCUT2D eigenvalue weighted by Gasteiger charge is 2.30. The maximum Gasteiger partial charge on any atom is 0.416 e. The summed E-state index contributed by atoms with van der Waals surface area (Å²) >= 11 is 0. The second-order valence-corrected chi connectivity index (χ2v) is 3.99. The molecule has 0 saturated heterocycles. The molecule has 0 radical (unpaired) electrons. The van der Waals surface area contributed by atoms with Crippen molar-refractivity contribution in [3.8, 4) is 0 Å². The molecule has 0 aliphatic carbocycles. The minimum atomic E-state index is -4.43. The third-order valence-electron chi connectivity index (χ3n) is 2.71. The van der Waals surface area contributed by atoms with Crippen LogP contribution in [0.2, 0.25) is 0 Å². The van der Waals surface area contributed by atoms with E-state index in [2.05, 4.69) is 0 Å². The first-order valence-electron chi connectivity index (χ1n) is 4.98. The number of nitrogens with zero attached hydrogens (tertiary/aromatic N) is 1. The van der Waals surface area contributed by atoms with Gasteiger partial charge in [-0.1, -0.05) is 6.07 Å². The quantitative estimate of drug-likeness (QED) is 0.695. The first kappa shape index (κ1) is 11.7. The molecule has 0 unspecified atom stereocenters.